The predicted octanol–water partition coefficient (Wildman–Crippen LogP) is 1.79. The normalized spacial score (nSPS) is 20.3. The second kappa shape index (κ2) is 7.53. The molecule has 0 aromatic heterocycles. The van der Waals surface area contributed by atoms with Crippen molar-refractivity contribution in [3.8, 4) is 0 Å². The molecule has 0 bridgehead atoms. The van der Waals surface area contributed by atoms with E-state index >= 15 is 0 Å². The standard InChI is InChI=1S/C14H20N2O2S.C2HF3O2/c1-19(17,18)16-8-7-14(12-16)10-15(11-14)9-13-5-3-2-4-6-13;3-2(4,5)1(6)7/h2-6H,7-12H2,1H3;(H,6,7). The smallest absolute Gasteiger partial charge is 0.475 e. The molecule has 2 aliphatic rings. The van der Waals surface area contributed by atoms with E-state index in [4.69, 9.17) is 9.90 Å². The van der Waals surface area contributed by atoms with Crippen molar-refractivity contribution in [1.29, 1.82) is 0 Å². The molecule has 0 radical (unpaired) electrons. The fourth-order valence-corrected chi connectivity index (χ4v) is 4.22. The van der Waals surface area contributed by atoms with Crippen LogP contribution >= 0.6 is 0 Å². The summed E-state index contributed by atoms with van der Waals surface area (Å²) in [5, 5.41) is 7.12. The van der Waals surface area contributed by atoms with Gasteiger partial charge < -0.3 is 5.11 Å². The van der Waals surface area contributed by atoms with Gasteiger partial charge in [0.15, 0.2) is 0 Å². The van der Waals surface area contributed by atoms with Crippen molar-refractivity contribution < 1.29 is 31.5 Å². The summed E-state index contributed by atoms with van der Waals surface area (Å²) >= 11 is 0. The molecule has 0 atom stereocenters. The van der Waals surface area contributed by atoms with Crippen molar-refractivity contribution >= 4 is 16.0 Å². The Balaban J connectivity index is 0.000000298. The molecule has 3 rings (SSSR count). The highest BCUT2D eigenvalue weighted by Crippen LogP contribution is 2.40. The minimum absolute atomic E-state index is 0.220. The summed E-state index contributed by atoms with van der Waals surface area (Å²) in [5.74, 6) is -2.76. The Bertz CT molecular complexity index is 732. The number of hydrogen-bond donors (Lipinski definition) is 1. The van der Waals surface area contributed by atoms with Crippen LogP contribution in [0, 0.1) is 5.41 Å². The van der Waals surface area contributed by atoms with E-state index in [1.54, 1.807) is 4.31 Å². The van der Waals surface area contributed by atoms with E-state index < -0.39 is 22.2 Å². The van der Waals surface area contributed by atoms with Gasteiger partial charge in [-0.05, 0) is 12.0 Å². The molecule has 26 heavy (non-hydrogen) atoms. The third-order valence-corrected chi connectivity index (χ3v) is 5.73. The number of halogens is 3. The first kappa shape index (κ1) is 20.7. The molecule has 1 aromatic carbocycles. The number of alkyl halides is 3. The van der Waals surface area contributed by atoms with Crippen LogP contribution < -0.4 is 0 Å². The number of carboxylic acids is 1. The Morgan fingerprint density at radius 1 is 1.19 bits per heavy atom. The molecule has 2 heterocycles. The number of hydrogen-bond acceptors (Lipinski definition) is 4. The molecular formula is C16H21F3N2O4S. The Kier molecular flexibility index (Phi) is 5.99. The molecule has 146 valence electrons. The molecule has 0 aliphatic carbocycles. The van der Waals surface area contributed by atoms with Gasteiger partial charge in [-0.15, -0.1) is 0 Å². The Hall–Kier alpha value is -1.65. The summed E-state index contributed by atoms with van der Waals surface area (Å²) < 4.78 is 56.5. The predicted molar refractivity (Wildman–Crippen MR) is 88.9 cm³/mol. The summed E-state index contributed by atoms with van der Waals surface area (Å²) in [7, 11) is -3.01. The lowest BCUT2D eigenvalue weighted by molar-refractivity contribution is -0.192. The second-order valence-electron chi connectivity index (χ2n) is 6.78. The van der Waals surface area contributed by atoms with E-state index in [-0.39, 0.29) is 5.41 Å². The minimum Gasteiger partial charge on any atom is -0.475 e. The molecule has 6 nitrogen and oxygen atoms in total. The van der Waals surface area contributed by atoms with Crippen LogP contribution in [-0.2, 0) is 21.4 Å². The van der Waals surface area contributed by atoms with Crippen molar-refractivity contribution in [3.63, 3.8) is 0 Å². The Morgan fingerprint density at radius 2 is 1.73 bits per heavy atom. The molecule has 0 amide bonds. The summed E-state index contributed by atoms with van der Waals surface area (Å²) in [6, 6.07) is 10.4. The molecule has 1 N–H and O–H groups in total. The van der Waals surface area contributed by atoms with Crippen LogP contribution in [0.2, 0.25) is 0 Å². The number of aliphatic carboxylic acids is 1. The van der Waals surface area contributed by atoms with Gasteiger partial charge in [-0.25, -0.2) is 17.5 Å². The molecule has 1 aromatic rings. The van der Waals surface area contributed by atoms with E-state index in [0.717, 1.165) is 26.1 Å². The topological polar surface area (TPSA) is 77.9 Å². The average Bonchev–Trinajstić information content (AvgIpc) is 2.93. The Labute approximate surface area is 150 Å². The average molecular weight is 394 g/mol. The highest BCUT2D eigenvalue weighted by Gasteiger charge is 2.49. The quantitative estimate of drug-likeness (QED) is 0.846. The van der Waals surface area contributed by atoms with E-state index in [1.165, 1.54) is 11.8 Å². The van der Waals surface area contributed by atoms with Crippen LogP contribution in [0.1, 0.15) is 12.0 Å². The highest BCUT2D eigenvalue weighted by atomic mass is 32.2. The lowest BCUT2D eigenvalue weighted by Gasteiger charge is -2.48. The first-order valence-electron chi connectivity index (χ1n) is 7.93. The van der Waals surface area contributed by atoms with Gasteiger partial charge >= 0.3 is 12.1 Å². The van der Waals surface area contributed by atoms with Crippen LogP contribution in [0.4, 0.5) is 13.2 Å². The first-order chi connectivity index (χ1) is 11.9. The second-order valence-corrected chi connectivity index (χ2v) is 8.76. The van der Waals surface area contributed by atoms with Gasteiger partial charge in [-0.3, -0.25) is 4.90 Å². The SMILES string of the molecule is CS(=O)(=O)N1CCC2(CN(Cc3ccccc3)C2)C1.O=C(O)C(F)(F)F. The maximum atomic E-state index is 11.5. The van der Waals surface area contributed by atoms with Crippen molar-refractivity contribution in [2.45, 2.75) is 19.1 Å². The number of rotatable bonds is 3. The summed E-state index contributed by atoms with van der Waals surface area (Å²) in [6.07, 6.45) is -2.77. The summed E-state index contributed by atoms with van der Waals surface area (Å²) in [5.41, 5.74) is 1.55. The van der Waals surface area contributed by atoms with Crippen molar-refractivity contribution in [1.82, 2.24) is 9.21 Å². The van der Waals surface area contributed by atoms with E-state index in [0.29, 0.717) is 13.1 Å². The third kappa shape index (κ3) is 5.42. The first-order valence-corrected chi connectivity index (χ1v) is 9.78. The zero-order valence-corrected chi connectivity index (χ0v) is 15.1. The molecule has 2 saturated heterocycles. The van der Waals surface area contributed by atoms with Gasteiger partial charge in [0, 0.05) is 38.1 Å². The zero-order chi connectivity index (χ0) is 19.6. The van der Waals surface area contributed by atoms with Crippen molar-refractivity contribution in [2.75, 3.05) is 32.4 Å². The van der Waals surface area contributed by atoms with Crippen LogP contribution in [0.5, 0.6) is 0 Å². The van der Waals surface area contributed by atoms with Gasteiger partial charge in [0.25, 0.3) is 0 Å². The summed E-state index contributed by atoms with van der Waals surface area (Å²) in [6.45, 7) is 4.42. The molecule has 0 unspecified atom stereocenters. The third-order valence-electron chi connectivity index (χ3n) is 4.48. The van der Waals surface area contributed by atoms with E-state index in [2.05, 4.69) is 29.2 Å². The van der Waals surface area contributed by atoms with Crippen LogP contribution in [0.25, 0.3) is 0 Å². The van der Waals surface area contributed by atoms with Gasteiger partial charge in [-0.1, -0.05) is 30.3 Å². The van der Waals surface area contributed by atoms with Crippen molar-refractivity contribution in [2.24, 2.45) is 5.41 Å². The molecule has 2 fully saturated rings. The lowest BCUT2D eigenvalue weighted by atomic mass is 9.79. The fraction of sp³-hybridized carbons (Fsp3) is 0.562. The van der Waals surface area contributed by atoms with Gasteiger partial charge in [0.05, 0.1) is 6.26 Å². The Morgan fingerprint density at radius 3 is 2.15 bits per heavy atom. The van der Waals surface area contributed by atoms with Crippen LogP contribution in [0.15, 0.2) is 30.3 Å². The maximum Gasteiger partial charge on any atom is 0.490 e. The maximum absolute atomic E-state index is 11.5. The largest absolute Gasteiger partial charge is 0.490 e. The molecule has 10 heteroatoms. The van der Waals surface area contributed by atoms with Crippen LogP contribution in [0.3, 0.4) is 0 Å². The molecule has 2 aliphatic heterocycles. The van der Waals surface area contributed by atoms with Gasteiger partial charge in [0.1, 0.15) is 0 Å². The van der Waals surface area contributed by atoms with Crippen molar-refractivity contribution in [3.05, 3.63) is 35.9 Å². The van der Waals surface area contributed by atoms with Crippen LogP contribution in [-0.4, -0.2) is 67.3 Å². The summed E-state index contributed by atoms with van der Waals surface area (Å²) in [4.78, 5) is 11.3. The molecule has 1 spiro atoms. The number of carbonyl (C=O) groups is 1. The monoisotopic (exact) mass is 394 g/mol. The lowest BCUT2D eigenvalue weighted by Crippen LogP contribution is -2.57. The zero-order valence-electron chi connectivity index (χ0n) is 14.2. The fourth-order valence-electron chi connectivity index (χ4n) is 3.29. The number of benzene rings is 1. The number of sulfonamides is 1. The van der Waals surface area contributed by atoms with Gasteiger partial charge in [0.2, 0.25) is 10.0 Å². The van der Waals surface area contributed by atoms with E-state index in [1.807, 2.05) is 6.07 Å². The number of likely N-dealkylation sites (tertiary alicyclic amines) is 1. The highest BCUT2D eigenvalue weighted by molar-refractivity contribution is 7.88. The minimum atomic E-state index is -5.08. The van der Waals surface area contributed by atoms with Gasteiger partial charge in [-0.2, -0.15) is 13.2 Å². The molecular weight excluding hydrogens is 373 g/mol. The van der Waals surface area contributed by atoms with E-state index in [9.17, 15) is 21.6 Å². The number of nitrogens with zero attached hydrogens (tertiary/aromatic N) is 2. The molecule has 0 saturated carbocycles. The number of carboxylic acid groups (broad SMARTS) is 1.